The first kappa shape index (κ1) is 28.8. The fraction of sp³-hybridized carbons (Fsp3) is 0.429. The minimum atomic E-state index is -5.21. The molecule has 1 aliphatic rings. The number of nitrogens with zero attached hydrogens (tertiary/aromatic N) is 4. The molecule has 0 radical (unpaired) electrons. The van der Waals surface area contributed by atoms with Crippen LogP contribution in [0.1, 0.15) is 28.9 Å². The maximum atomic E-state index is 14.2. The molecule has 0 spiro atoms. The van der Waals surface area contributed by atoms with Crippen molar-refractivity contribution < 1.29 is 53.9 Å². The number of hydrogen-bond donors (Lipinski definition) is 1. The summed E-state index contributed by atoms with van der Waals surface area (Å²) >= 11 is 0. The van der Waals surface area contributed by atoms with E-state index in [4.69, 9.17) is 4.84 Å². The van der Waals surface area contributed by atoms with Gasteiger partial charge in [-0.25, -0.2) is 0 Å². The number of carbonyl (C=O) groups is 2. The largest absolute Gasteiger partial charge is 0.437 e. The number of amides is 2. The van der Waals surface area contributed by atoms with Crippen molar-refractivity contribution in [3.8, 4) is 0 Å². The third kappa shape index (κ3) is 5.85. The van der Waals surface area contributed by atoms with Crippen LogP contribution in [0, 0.1) is 6.92 Å². The molecular weight excluding hydrogens is 541 g/mol. The Balaban J connectivity index is 1.86. The Morgan fingerprint density at radius 3 is 2.32 bits per heavy atom. The zero-order valence-electron chi connectivity index (χ0n) is 19.4. The van der Waals surface area contributed by atoms with Crippen molar-refractivity contribution in [2.24, 2.45) is 12.2 Å². The fourth-order valence-corrected chi connectivity index (χ4v) is 3.75. The molecule has 17 heteroatoms. The van der Waals surface area contributed by atoms with E-state index in [1.165, 1.54) is 25.1 Å². The van der Waals surface area contributed by atoms with E-state index in [0.29, 0.717) is 4.68 Å². The lowest BCUT2D eigenvalue weighted by atomic mass is 9.89. The predicted octanol–water partition coefficient (Wildman–Crippen LogP) is 3.97. The monoisotopic (exact) mass is 559 g/mol. The number of halogens is 9. The molecule has 0 fully saturated rings. The summed E-state index contributed by atoms with van der Waals surface area (Å²) in [5, 5.41) is 8.18. The van der Waals surface area contributed by atoms with E-state index < -0.39 is 60.9 Å². The van der Waals surface area contributed by atoms with E-state index in [2.05, 4.69) is 10.3 Å². The van der Waals surface area contributed by atoms with Crippen LogP contribution in [0.2, 0.25) is 0 Å². The number of rotatable bonds is 7. The molecule has 2 aromatic rings. The Bertz CT molecular complexity index is 1250. The third-order valence-electron chi connectivity index (χ3n) is 5.54. The second kappa shape index (κ2) is 9.83. The van der Waals surface area contributed by atoms with Crippen LogP contribution in [0.4, 0.5) is 45.2 Å². The van der Waals surface area contributed by atoms with Crippen molar-refractivity contribution in [3.05, 3.63) is 46.8 Å². The molecule has 1 N–H and O–H groups in total. The van der Waals surface area contributed by atoms with Gasteiger partial charge in [-0.2, -0.15) is 44.6 Å². The number of anilines is 1. The summed E-state index contributed by atoms with van der Waals surface area (Å²) in [4.78, 5) is 28.8. The van der Waals surface area contributed by atoms with Crippen LogP contribution < -0.4 is 10.2 Å². The molecule has 8 nitrogen and oxygen atoms in total. The minimum absolute atomic E-state index is 0.0583. The van der Waals surface area contributed by atoms with Crippen molar-refractivity contribution in [1.82, 2.24) is 15.1 Å². The normalized spacial score (nSPS) is 18.1. The maximum absolute atomic E-state index is 14.2. The molecule has 208 valence electrons. The van der Waals surface area contributed by atoms with Gasteiger partial charge in [-0.05, 0) is 36.2 Å². The number of hydrogen-bond acceptors (Lipinski definition) is 5. The van der Waals surface area contributed by atoms with Crippen LogP contribution in [0.5, 0.6) is 0 Å². The van der Waals surface area contributed by atoms with Gasteiger partial charge in [-0.1, -0.05) is 11.2 Å². The Labute approximate surface area is 208 Å². The van der Waals surface area contributed by atoms with Gasteiger partial charge in [0.15, 0.2) is 5.69 Å². The molecule has 2 amide bonds. The number of oxime groups is 1. The zero-order valence-corrected chi connectivity index (χ0v) is 19.4. The first-order valence-corrected chi connectivity index (χ1v) is 10.5. The average molecular weight is 559 g/mol. The highest BCUT2D eigenvalue weighted by molar-refractivity contribution is 6.02. The van der Waals surface area contributed by atoms with E-state index >= 15 is 0 Å². The van der Waals surface area contributed by atoms with Crippen LogP contribution in [0.3, 0.4) is 0 Å². The molecule has 1 atom stereocenters. The summed E-state index contributed by atoms with van der Waals surface area (Å²) in [6.07, 6.45) is -15.7. The van der Waals surface area contributed by atoms with Crippen molar-refractivity contribution >= 4 is 23.7 Å². The summed E-state index contributed by atoms with van der Waals surface area (Å²) in [5.41, 5.74) is -5.69. The molecule has 0 bridgehead atoms. The van der Waals surface area contributed by atoms with Crippen molar-refractivity contribution in [3.63, 3.8) is 0 Å². The Hall–Kier alpha value is -3.79. The summed E-state index contributed by atoms with van der Waals surface area (Å²) in [5.74, 6) is -1.11. The first-order valence-electron chi connectivity index (χ1n) is 10.5. The lowest BCUT2D eigenvalue weighted by Crippen LogP contribution is -2.44. The first-order chi connectivity index (χ1) is 17.4. The molecule has 1 aromatic carbocycles. The molecule has 2 heterocycles. The molecule has 0 aliphatic carbocycles. The lowest BCUT2D eigenvalue weighted by molar-refractivity contribution is -0.278. The number of aromatic nitrogens is 2. The van der Waals surface area contributed by atoms with Gasteiger partial charge in [0.25, 0.3) is 5.60 Å². The number of nitrogens with one attached hydrogen (secondary N) is 1. The highest BCUT2D eigenvalue weighted by Gasteiger charge is 2.64. The van der Waals surface area contributed by atoms with Crippen LogP contribution in [0.15, 0.2) is 29.4 Å². The number of alkyl halides is 9. The molecule has 38 heavy (non-hydrogen) atoms. The van der Waals surface area contributed by atoms with Crippen LogP contribution in [-0.2, 0) is 33.3 Å². The van der Waals surface area contributed by atoms with Crippen LogP contribution >= 0.6 is 0 Å². The topological polar surface area (TPSA) is 88.8 Å². The van der Waals surface area contributed by atoms with Gasteiger partial charge in [0, 0.05) is 12.7 Å². The van der Waals surface area contributed by atoms with Crippen molar-refractivity contribution in [2.75, 3.05) is 18.0 Å². The van der Waals surface area contributed by atoms with Gasteiger partial charge >= 0.3 is 18.5 Å². The maximum Gasteiger partial charge on any atom is 0.437 e. The van der Waals surface area contributed by atoms with Gasteiger partial charge in [0.05, 0.1) is 17.8 Å². The van der Waals surface area contributed by atoms with E-state index in [1.807, 2.05) is 0 Å². The average Bonchev–Trinajstić information content (AvgIpc) is 3.40. The van der Waals surface area contributed by atoms with Gasteiger partial charge in [-0.3, -0.25) is 14.3 Å². The molecule has 1 aliphatic heterocycles. The second-order valence-electron chi connectivity index (χ2n) is 8.29. The van der Waals surface area contributed by atoms with Gasteiger partial charge in [-0.15, -0.1) is 0 Å². The van der Waals surface area contributed by atoms with Gasteiger partial charge in [0.2, 0.25) is 12.3 Å². The highest BCUT2D eigenvalue weighted by Crippen LogP contribution is 2.49. The zero-order chi connectivity index (χ0) is 28.7. The van der Waals surface area contributed by atoms with Gasteiger partial charge in [0.1, 0.15) is 13.1 Å². The summed E-state index contributed by atoms with van der Waals surface area (Å²) in [6.45, 7) is -0.978. The molecule has 3 rings (SSSR count). The fourth-order valence-electron chi connectivity index (χ4n) is 3.75. The lowest BCUT2D eigenvalue weighted by Gasteiger charge is -2.28. The quantitative estimate of drug-likeness (QED) is 0.411. The Kier molecular flexibility index (Phi) is 7.44. The SMILES string of the molecule is Cc1cc(C2=NOC(c3cc(C(F)(F)F)nn3C)(C(F)(F)F)C2)ccc1N(C=O)CC(=O)NCC(F)(F)F. The molecule has 0 saturated carbocycles. The van der Waals surface area contributed by atoms with Crippen LogP contribution in [-0.4, -0.2) is 53.3 Å². The van der Waals surface area contributed by atoms with Crippen molar-refractivity contribution in [2.45, 2.75) is 37.5 Å². The highest BCUT2D eigenvalue weighted by atomic mass is 19.4. The number of benzene rings is 1. The molecule has 0 saturated heterocycles. The number of aryl methyl sites for hydroxylation is 2. The van der Waals surface area contributed by atoms with E-state index in [9.17, 15) is 49.1 Å². The number of carbonyl (C=O) groups excluding carboxylic acids is 2. The van der Waals surface area contributed by atoms with Gasteiger partial charge < -0.3 is 15.1 Å². The Morgan fingerprint density at radius 1 is 1.16 bits per heavy atom. The van der Waals surface area contributed by atoms with Crippen LogP contribution in [0.25, 0.3) is 0 Å². The summed E-state index contributed by atoms with van der Waals surface area (Å²) in [6, 6.07) is 3.94. The predicted molar refractivity (Wildman–Crippen MR) is 112 cm³/mol. The van der Waals surface area contributed by atoms with E-state index in [0.717, 1.165) is 11.9 Å². The Morgan fingerprint density at radius 2 is 1.82 bits per heavy atom. The molecule has 1 aromatic heterocycles. The molecular formula is C21H18F9N5O3. The second-order valence-corrected chi connectivity index (χ2v) is 8.29. The molecule has 1 unspecified atom stereocenters. The third-order valence-corrected chi connectivity index (χ3v) is 5.54. The standard InChI is InChI=1S/C21H18F9N5O3/c1-11-5-12(3-4-14(11)35(10-36)8-17(37)31-9-19(22,23)24)13-7-18(38-33-13,21(28,29)30)16-6-15(20(25,26)27)32-34(16)2/h3-6,10H,7-9H2,1-2H3,(H,31,37). The van der Waals surface area contributed by atoms with E-state index in [-0.39, 0.29) is 35.0 Å². The summed E-state index contributed by atoms with van der Waals surface area (Å²) in [7, 11) is 0.900. The smallest absolute Gasteiger partial charge is 0.372 e. The van der Waals surface area contributed by atoms with Crippen molar-refractivity contribution in [1.29, 1.82) is 0 Å². The van der Waals surface area contributed by atoms with E-state index in [1.54, 1.807) is 5.32 Å². The summed E-state index contributed by atoms with van der Waals surface area (Å²) < 4.78 is 119. The minimum Gasteiger partial charge on any atom is -0.372 e.